The average molecular weight is 459 g/mol. The second-order valence-electron chi connectivity index (χ2n) is 6.27. The maximum absolute atomic E-state index is 15.2. The van der Waals surface area contributed by atoms with Gasteiger partial charge >= 0.3 is 5.92 Å². The van der Waals surface area contributed by atoms with E-state index in [0.717, 1.165) is 0 Å². The number of carbonyl (C=O) groups is 2. The molecule has 0 bridgehead atoms. The van der Waals surface area contributed by atoms with Crippen molar-refractivity contribution >= 4 is 27.6 Å². The lowest BCUT2D eigenvalue weighted by Crippen LogP contribution is -2.50. The normalized spacial score (nSPS) is 12.2. The van der Waals surface area contributed by atoms with Crippen LogP contribution in [0.3, 0.4) is 0 Å². The third kappa shape index (κ3) is 4.93. The lowest BCUT2D eigenvalue weighted by atomic mass is 9.94. The van der Waals surface area contributed by atoms with Gasteiger partial charge in [0.1, 0.15) is 6.04 Å². The second-order valence-corrected chi connectivity index (χ2v) is 7.18. The minimum atomic E-state index is -3.82. The van der Waals surface area contributed by atoms with Gasteiger partial charge < -0.3 is 0 Å². The van der Waals surface area contributed by atoms with Gasteiger partial charge in [-0.2, -0.15) is 8.78 Å². The highest BCUT2D eigenvalue weighted by Gasteiger charge is 2.48. The Morgan fingerprint density at radius 2 is 1.31 bits per heavy atom. The predicted octanol–water partition coefficient (Wildman–Crippen LogP) is 4.94. The van der Waals surface area contributed by atoms with Crippen LogP contribution in [0.2, 0.25) is 0 Å². The largest absolute Gasteiger partial charge is 0.330 e. The van der Waals surface area contributed by atoms with Crippen LogP contribution in [0, 0.1) is 0 Å². The smallest absolute Gasteiger partial charge is 0.287 e. The van der Waals surface area contributed by atoms with E-state index in [0.29, 0.717) is 10.0 Å². The van der Waals surface area contributed by atoms with Crippen molar-refractivity contribution in [2.45, 2.75) is 12.0 Å². The Bertz CT molecular complexity index is 981. The van der Waals surface area contributed by atoms with Crippen LogP contribution in [0.1, 0.15) is 32.3 Å². The summed E-state index contributed by atoms with van der Waals surface area (Å²) in [5.41, 5.74) is 4.98. The minimum absolute atomic E-state index is 0.115. The van der Waals surface area contributed by atoms with Crippen LogP contribution in [0.4, 0.5) is 8.78 Å². The molecule has 1 amide bonds. The number of halogens is 3. The number of nitrogens with one attached hydrogen (secondary N) is 2. The van der Waals surface area contributed by atoms with Gasteiger partial charge in [-0.15, -0.1) is 0 Å². The molecule has 4 nitrogen and oxygen atoms in total. The summed E-state index contributed by atoms with van der Waals surface area (Å²) in [4.78, 5) is 24.8. The predicted molar refractivity (Wildman–Crippen MR) is 110 cm³/mol. The fourth-order valence-electron chi connectivity index (χ4n) is 2.75. The number of hydrogen-bond acceptors (Lipinski definition) is 3. The van der Waals surface area contributed by atoms with Crippen LogP contribution in [0.25, 0.3) is 0 Å². The number of rotatable bonds is 7. The molecule has 0 spiro atoms. The fraction of sp³-hybridized carbons (Fsp3) is 0.0909. The second kappa shape index (κ2) is 9.07. The Balaban J connectivity index is 1.89. The molecule has 0 aliphatic carbocycles. The Hall–Kier alpha value is -2.90. The Morgan fingerprint density at radius 3 is 1.86 bits per heavy atom. The molecule has 3 aromatic carbocycles. The molecule has 0 unspecified atom stereocenters. The third-order valence-electron chi connectivity index (χ3n) is 4.27. The highest BCUT2D eigenvalue weighted by Crippen LogP contribution is 2.34. The first-order valence-electron chi connectivity index (χ1n) is 8.73. The van der Waals surface area contributed by atoms with Crippen molar-refractivity contribution in [3.05, 3.63) is 106 Å². The van der Waals surface area contributed by atoms with Crippen molar-refractivity contribution in [1.82, 2.24) is 10.9 Å². The van der Waals surface area contributed by atoms with Gasteiger partial charge in [0.15, 0.2) is 0 Å². The quantitative estimate of drug-likeness (QED) is 0.389. The van der Waals surface area contributed by atoms with E-state index in [4.69, 9.17) is 0 Å². The topological polar surface area (TPSA) is 58.2 Å². The SMILES string of the molecule is O=C(NN[C@@H](c1ccc(Br)cc1)C(F)(F)C(=O)c1ccccc1)c1ccccc1. The molecule has 148 valence electrons. The van der Waals surface area contributed by atoms with Crippen molar-refractivity contribution in [1.29, 1.82) is 0 Å². The number of ketones is 1. The maximum atomic E-state index is 15.2. The van der Waals surface area contributed by atoms with Crippen molar-refractivity contribution in [2.24, 2.45) is 0 Å². The summed E-state index contributed by atoms with van der Waals surface area (Å²) in [7, 11) is 0. The lowest BCUT2D eigenvalue weighted by Gasteiger charge is -2.27. The molecule has 3 rings (SSSR count). The van der Waals surface area contributed by atoms with Crippen LogP contribution < -0.4 is 10.9 Å². The molecule has 2 N–H and O–H groups in total. The number of amides is 1. The van der Waals surface area contributed by atoms with Gasteiger partial charge in [-0.1, -0.05) is 76.6 Å². The molecule has 0 saturated carbocycles. The van der Waals surface area contributed by atoms with Crippen LogP contribution in [0.15, 0.2) is 89.4 Å². The van der Waals surface area contributed by atoms with E-state index in [2.05, 4.69) is 26.8 Å². The molecule has 0 heterocycles. The Kier molecular flexibility index (Phi) is 6.51. The summed E-state index contributed by atoms with van der Waals surface area (Å²) in [6.07, 6.45) is 0. The third-order valence-corrected chi connectivity index (χ3v) is 4.80. The van der Waals surface area contributed by atoms with Gasteiger partial charge in [-0.3, -0.25) is 15.0 Å². The molecular weight excluding hydrogens is 442 g/mol. The van der Waals surface area contributed by atoms with E-state index in [-0.39, 0.29) is 11.1 Å². The zero-order chi connectivity index (χ0) is 20.9. The molecule has 0 radical (unpaired) electrons. The van der Waals surface area contributed by atoms with E-state index >= 15 is 8.78 Å². The summed E-state index contributed by atoms with van der Waals surface area (Å²) in [6.45, 7) is 0. The van der Waals surface area contributed by atoms with Gasteiger partial charge in [0.05, 0.1) is 0 Å². The molecule has 1 atom stereocenters. The van der Waals surface area contributed by atoms with Crippen LogP contribution in [-0.4, -0.2) is 17.6 Å². The molecule has 0 aliphatic heterocycles. The van der Waals surface area contributed by atoms with Crippen molar-refractivity contribution in [3.8, 4) is 0 Å². The summed E-state index contributed by atoms with van der Waals surface area (Å²) < 4.78 is 31.2. The van der Waals surface area contributed by atoms with E-state index in [1.54, 1.807) is 48.5 Å². The maximum Gasteiger partial charge on any atom is 0.330 e. The van der Waals surface area contributed by atoms with Gasteiger partial charge in [0.2, 0.25) is 5.78 Å². The van der Waals surface area contributed by atoms with Crippen molar-refractivity contribution in [2.75, 3.05) is 0 Å². The van der Waals surface area contributed by atoms with Crippen LogP contribution in [0.5, 0.6) is 0 Å². The summed E-state index contributed by atoms with van der Waals surface area (Å²) in [6, 6.07) is 19.8. The standard InChI is InChI=1S/C22H17BrF2N2O2/c23-18-13-11-15(12-14-18)19(26-27-21(29)17-9-5-2-6-10-17)22(24,25)20(28)16-7-3-1-4-8-16/h1-14,19,26H,(H,27,29)/t19-/m0/s1. The zero-order valence-electron chi connectivity index (χ0n) is 15.1. The van der Waals surface area contributed by atoms with Gasteiger partial charge in [0, 0.05) is 15.6 Å². The number of benzene rings is 3. The minimum Gasteiger partial charge on any atom is -0.287 e. The first-order chi connectivity index (χ1) is 13.9. The number of hydrogen-bond donors (Lipinski definition) is 2. The Morgan fingerprint density at radius 1 is 0.793 bits per heavy atom. The molecule has 29 heavy (non-hydrogen) atoms. The zero-order valence-corrected chi connectivity index (χ0v) is 16.7. The summed E-state index contributed by atoms with van der Waals surface area (Å²) in [5, 5.41) is 0. The monoisotopic (exact) mass is 458 g/mol. The molecule has 0 aliphatic rings. The molecule has 0 fully saturated rings. The molecule has 7 heteroatoms. The van der Waals surface area contributed by atoms with E-state index in [1.807, 2.05) is 0 Å². The number of alkyl halides is 2. The number of hydrazine groups is 1. The highest BCUT2D eigenvalue weighted by molar-refractivity contribution is 9.10. The van der Waals surface area contributed by atoms with Crippen molar-refractivity contribution in [3.63, 3.8) is 0 Å². The van der Waals surface area contributed by atoms with Crippen LogP contribution in [-0.2, 0) is 0 Å². The van der Waals surface area contributed by atoms with E-state index in [9.17, 15) is 9.59 Å². The summed E-state index contributed by atoms with van der Waals surface area (Å²) in [5.74, 6) is -5.75. The van der Waals surface area contributed by atoms with Crippen LogP contribution >= 0.6 is 15.9 Å². The van der Waals surface area contributed by atoms with E-state index < -0.39 is 23.7 Å². The van der Waals surface area contributed by atoms with E-state index in [1.165, 1.54) is 36.4 Å². The lowest BCUT2D eigenvalue weighted by molar-refractivity contribution is -0.0194. The van der Waals surface area contributed by atoms with Crippen molar-refractivity contribution < 1.29 is 18.4 Å². The highest BCUT2D eigenvalue weighted by atomic mass is 79.9. The van der Waals surface area contributed by atoms with Gasteiger partial charge in [0.25, 0.3) is 5.91 Å². The molecule has 0 aromatic heterocycles. The summed E-state index contributed by atoms with van der Waals surface area (Å²) >= 11 is 3.26. The first kappa shape index (κ1) is 20.8. The Labute approximate surface area is 175 Å². The van der Waals surface area contributed by atoms with Gasteiger partial charge in [-0.25, -0.2) is 5.43 Å². The molecular formula is C22H17BrF2N2O2. The number of carbonyl (C=O) groups excluding carboxylic acids is 2. The fourth-order valence-corrected chi connectivity index (χ4v) is 3.02. The molecule has 0 saturated heterocycles. The molecule has 3 aromatic rings. The number of Topliss-reactive ketones (excluding diaryl/α,β-unsaturated/α-hetero) is 1. The van der Waals surface area contributed by atoms with Gasteiger partial charge in [-0.05, 0) is 29.8 Å². The average Bonchev–Trinajstić information content (AvgIpc) is 2.75. The first-order valence-corrected chi connectivity index (χ1v) is 9.53.